The lowest BCUT2D eigenvalue weighted by molar-refractivity contribution is -0.118. The van der Waals surface area contributed by atoms with Gasteiger partial charge in [-0.05, 0) is 27.7 Å². The Morgan fingerprint density at radius 2 is 2.06 bits per heavy atom. The largest absolute Gasteiger partial charge is 0.394 e. The van der Waals surface area contributed by atoms with Crippen molar-refractivity contribution in [2.24, 2.45) is 5.73 Å². The van der Waals surface area contributed by atoms with Gasteiger partial charge >= 0.3 is 0 Å². The van der Waals surface area contributed by atoms with E-state index in [-0.39, 0.29) is 24.4 Å². The number of amides is 1. The third-order valence-corrected chi connectivity index (χ3v) is 2.51. The highest BCUT2D eigenvalue weighted by Gasteiger charge is 2.17. The quantitative estimate of drug-likeness (QED) is 0.714. The molecule has 0 fully saturated rings. The highest BCUT2D eigenvalue weighted by Crippen LogP contribution is 2.26. The van der Waals surface area contributed by atoms with Gasteiger partial charge in [-0.25, -0.2) is 4.68 Å². The summed E-state index contributed by atoms with van der Waals surface area (Å²) in [6.45, 7) is 7.79. The van der Waals surface area contributed by atoms with Crippen molar-refractivity contribution in [3.05, 3.63) is 5.69 Å². The summed E-state index contributed by atoms with van der Waals surface area (Å²) in [6, 6.07) is 0.137. The van der Waals surface area contributed by atoms with E-state index >= 15 is 0 Å². The Balaban J connectivity index is 2.92. The van der Waals surface area contributed by atoms with Gasteiger partial charge in [0.05, 0.1) is 11.4 Å². The zero-order valence-corrected chi connectivity index (χ0v) is 10.8. The van der Waals surface area contributed by atoms with Crippen LogP contribution in [0.25, 0.3) is 0 Å². The summed E-state index contributed by atoms with van der Waals surface area (Å²) in [5.74, 6) is 0.419. The minimum Gasteiger partial charge on any atom is -0.394 e. The lowest BCUT2D eigenvalue weighted by Gasteiger charge is -2.17. The van der Waals surface area contributed by atoms with Crippen LogP contribution >= 0.6 is 0 Å². The molecule has 0 aliphatic heterocycles. The summed E-state index contributed by atoms with van der Waals surface area (Å²) in [5, 5.41) is 7.54. The second-order valence-electron chi connectivity index (χ2n) is 4.60. The second-order valence-corrected chi connectivity index (χ2v) is 4.60. The van der Waals surface area contributed by atoms with Crippen LogP contribution < -0.4 is 16.8 Å². The first-order chi connectivity index (χ1) is 7.82. The van der Waals surface area contributed by atoms with Gasteiger partial charge in [0.25, 0.3) is 0 Å². The molecule has 0 saturated carbocycles. The summed E-state index contributed by atoms with van der Waals surface area (Å²) in [5.41, 5.74) is 12.5. The van der Waals surface area contributed by atoms with E-state index < -0.39 is 0 Å². The molecule has 0 aromatic carbocycles. The van der Waals surface area contributed by atoms with E-state index in [2.05, 4.69) is 10.4 Å². The number of carbonyl (C=O) groups is 1. The molecule has 0 bridgehead atoms. The zero-order valence-electron chi connectivity index (χ0n) is 10.8. The van der Waals surface area contributed by atoms with Crippen molar-refractivity contribution in [3.63, 3.8) is 0 Å². The maximum atomic E-state index is 10.8. The van der Waals surface area contributed by atoms with Gasteiger partial charge in [0.2, 0.25) is 5.91 Å². The average molecular weight is 239 g/mol. The van der Waals surface area contributed by atoms with Crippen molar-refractivity contribution < 1.29 is 4.79 Å². The lowest BCUT2D eigenvalue weighted by atomic mass is 10.2. The van der Waals surface area contributed by atoms with Gasteiger partial charge in [-0.3, -0.25) is 4.79 Å². The Labute approximate surface area is 101 Å². The van der Waals surface area contributed by atoms with Gasteiger partial charge < -0.3 is 16.8 Å². The van der Waals surface area contributed by atoms with Crippen LogP contribution in [-0.4, -0.2) is 21.7 Å². The van der Waals surface area contributed by atoms with Crippen LogP contribution in [0.4, 0.5) is 11.5 Å². The Morgan fingerprint density at radius 3 is 2.53 bits per heavy atom. The molecule has 0 radical (unpaired) electrons. The molecule has 5 N–H and O–H groups in total. The number of nitrogen functional groups attached to an aromatic ring is 1. The molecule has 6 nitrogen and oxygen atoms in total. The van der Waals surface area contributed by atoms with Crippen LogP contribution in [-0.2, 0) is 4.79 Å². The van der Waals surface area contributed by atoms with Crippen LogP contribution in [0.5, 0.6) is 0 Å². The Morgan fingerprint density at radius 1 is 1.47 bits per heavy atom. The molecule has 1 unspecified atom stereocenters. The molecule has 1 amide bonds. The number of carbonyl (C=O) groups excluding carboxylic acids is 1. The van der Waals surface area contributed by atoms with E-state index in [9.17, 15) is 4.79 Å². The summed E-state index contributed by atoms with van der Waals surface area (Å²) in [4.78, 5) is 10.8. The third-order valence-electron chi connectivity index (χ3n) is 2.51. The maximum Gasteiger partial charge on any atom is 0.219 e. The molecule has 0 saturated heterocycles. The number of primary amides is 1. The maximum absolute atomic E-state index is 10.8. The smallest absolute Gasteiger partial charge is 0.219 e. The Bertz CT molecular complexity index is 410. The molecule has 0 spiro atoms. The average Bonchev–Trinajstić information content (AvgIpc) is 2.44. The topological polar surface area (TPSA) is 99.0 Å². The fourth-order valence-electron chi connectivity index (χ4n) is 1.66. The number of aromatic nitrogens is 2. The Kier molecular flexibility index (Phi) is 3.98. The van der Waals surface area contributed by atoms with Gasteiger partial charge in [0.15, 0.2) is 0 Å². The van der Waals surface area contributed by atoms with Crippen LogP contribution in [0, 0.1) is 6.92 Å². The van der Waals surface area contributed by atoms with Crippen molar-refractivity contribution in [2.75, 3.05) is 11.1 Å². The summed E-state index contributed by atoms with van der Waals surface area (Å²) in [7, 11) is 0. The lowest BCUT2D eigenvalue weighted by Crippen LogP contribution is -2.26. The minimum absolute atomic E-state index is 0.0663. The highest BCUT2D eigenvalue weighted by atomic mass is 16.1. The molecule has 17 heavy (non-hydrogen) atoms. The zero-order chi connectivity index (χ0) is 13.2. The SMILES string of the molecule is Cc1nn(C(C)C)c(NC(C)CC(N)=O)c1N. The molecule has 1 aromatic heterocycles. The van der Waals surface area contributed by atoms with Crippen molar-refractivity contribution in [2.45, 2.75) is 46.2 Å². The van der Waals surface area contributed by atoms with Gasteiger partial charge in [0, 0.05) is 18.5 Å². The predicted molar refractivity (Wildman–Crippen MR) is 68.7 cm³/mol. The van der Waals surface area contributed by atoms with E-state index in [1.165, 1.54) is 0 Å². The third kappa shape index (κ3) is 3.12. The molecular formula is C11H21N5O. The first-order valence-corrected chi connectivity index (χ1v) is 5.72. The normalized spacial score (nSPS) is 12.8. The van der Waals surface area contributed by atoms with Crippen molar-refractivity contribution in [3.8, 4) is 0 Å². The van der Waals surface area contributed by atoms with Gasteiger partial charge in [-0.2, -0.15) is 5.10 Å². The molecule has 6 heteroatoms. The van der Waals surface area contributed by atoms with Crippen LogP contribution in [0.1, 0.15) is 38.9 Å². The molecule has 0 aliphatic rings. The van der Waals surface area contributed by atoms with Gasteiger partial charge in [-0.15, -0.1) is 0 Å². The van der Waals surface area contributed by atoms with E-state index in [4.69, 9.17) is 11.5 Å². The molecular weight excluding hydrogens is 218 g/mol. The molecule has 1 rings (SSSR count). The number of nitrogens with one attached hydrogen (secondary N) is 1. The molecule has 1 heterocycles. The van der Waals surface area contributed by atoms with Gasteiger partial charge in [0.1, 0.15) is 5.82 Å². The molecule has 96 valence electrons. The van der Waals surface area contributed by atoms with Crippen LogP contribution in [0.15, 0.2) is 0 Å². The molecule has 1 atom stereocenters. The van der Waals surface area contributed by atoms with Crippen molar-refractivity contribution in [1.29, 1.82) is 0 Å². The standard InChI is InChI=1S/C11H21N5O/c1-6(2)16-11(10(13)8(4)15-16)14-7(3)5-9(12)17/h6-7,14H,5,13H2,1-4H3,(H2,12,17). The predicted octanol–water partition coefficient (Wildman–Crippen LogP) is 1.03. The minimum atomic E-state index is -0.337. The number of anilines is 2. The summed E-state index contributed by atoms with van der Waals surface area (Å²) in [6.07, 6.45) is 0.266. The van der Waals surface area contributed by atoms with E-state index in [0.29, 0.717) is 5.69 Å². The number of nitrogens with two attached hydrogens (primary N) is 2. The first kappa shape index (κ1) is 13.3. The second kappa shape index (κ2) is 5.07. The van der Waals surface area contributed by atoms with E-state index in [1.807, 2.05) is 32.4 Å². The number of hydrogen-bond acceptors (Lipinski definition) is 4. The fraction of sp³-hybridized carbons (Fsp3) is 0.636. The van der Waals surface area contributed by atoms with Crippen LogP contribution in [0.3, 0.4) is 0 Å². The Hall–Kier alpha value is -1.72. The van der Waals surface area contributed by atoms with E-state index in [1.54, 1.807) is 0 Å². The summed E-state index contributed by atoms with van der Waals surface area (Å²) < 4.78 is 1.82. The number of hydrogen-bond donors (Lipinski definition) is 3. The van der Waals surface area contributed by atoms with Crippen LogP contribution in [0.2, 0.25) is 0 Å². The first-order valence-electron chi connectivity index (χ1n) is 5.72. The number of aryl methyl sites for hydroxylation is 1. The monoisotopic (exact) mass is 239 g/mol. The van der Waals surface area contributed by atoms with Gasteiger partial charge in [-0.1, -0.05) is 0 Å². The highest BCUT2D eigenvalue weighted by molar-refractivity contribution is 5.75. The van der Waals surface area contributed by atoms with Crippen molar-refractivity contribution >= 4 is 17.4 Å². The number of rotatable bonds is 5. The molecule has 1 aromatic rings. The van der Waals surface area contributed by atoms with Crippen molar-refractivity contribution in [1.82, 2.24) is 9.78 Å². The van der Waals surface area contributed by atoms with E-state index in [0.717, 1.165) is 11.5 Å². The fourth-order valence-corrected chi connectivity index (χ4v) is 1.66. The number of nitrogens with zero attached hydrogens (tertiary/aromatic N) is 2. The summed E-state index contributed by atoms with van der Waals surface area (Å²) >= 11 is 0. The molecule has 0 aliphatic carbocycles.